The van der Waals surface area contributed by atoms with Gasteiger partial charge in [-0.2, -0.15) is 0 Å². The van der Waals surface area contributed by atoms with Crippen molar-refractivity contribution in [3.8, 4) is 5.75 Å². The summed E-state index contributed by atoms with van der Waals surface area (Å²) in [6.45, 7) is 3.50. The van der Waals surface area contributed by atoms with E-state index in [4.69, 9.17) is 9.47 Å². The predicted molar refractivity (Wildman–Crippen MR) is 54.6 cm³/mol. The quantitative estimate of drug-likeness (QED) is 0.424. The lowest BCUT2D eigenvalue weighted by Crippen LogP contribution is -1.97. The molecule has 0 unspecified atom stereocenters. The Labute approximate surface area is 87.1 Å². The summed E-state index contributed by atoms with van der Waals surface area (Å²) in [5.74, 6) is 0.448. The van der Waals surface area contributed by atoms with Crippen molar-refractivity contribution in [1.29, 1.82) is 0 Å². The zero-order valence-corrected chi connectivity index (χ0v) is 8.30. The first-order chi connectivity index (χ1) is 7.19. The highest BCUT2D eigenvalue weighted by molar-refractivity contribution is 5.45. The Morgan fingerprint density at radius 2 is 2.33 bits per heavy atom. The van der Waals surface area contributed by atoms with Crippen LogP contribution in [-0.2, 0) is 11.3 Å². The van der Waals surface area contributed by atoms with Crippen molar-refractivity contribution in [2.75, 3.05) is 7.11 Å². The van der Waals surface area contributed by atoms with Gasteiger partial charge in [0.15, 0.2) is 0 Å². The number of ether oxygens (including phenoxy) is 2. The van der Waals surface area contributed by atoms with Crippen molar-refractivity contribution >= 4 is 5.69 Å². The van der Waals surface area contributed by atoms with E-state index in [-0.39, 0.29) is 12.3 Å². The molecule has 0 aliphatic heterocycles. The Kier molecular flexibility index (Phi) is 3.68. The minimum Gasteiger partial charge on any atom is -0.497 e. The fraction of sp³-hybridized carbons (Fsp3) is 0.200. The number of hydrogen-bond acceptors (Lipinski definition) is 4. The molecule has 1 rings (SSSR count). The van der Waals surface area contributed by atoms with E-state index in [2.05, 4.69) is 6.58 Å². The van der Waals surface area contributed by atoms with E-state index in [1.165, 1.54) is 19.4 Å². The van der Waals surface area contributed by atoms with Crippen molar-refractivity contribution in [2.45, 2.75) is 6.61 Å². The highest BCUT2D eigenvalue weighted by Crippen LogP contribution is 2.25. The summed E-state index contributed by atoms with van der Waals surface area (Å²) < 4.78 is 9.80. The smallest absolute Gasteiger partial charge is 0.279 e. The molecule has 5 heteroatoms. The summed E-state index contributed by atoms with van der Waals surface area (Å²) in [7, 11) is 1.46. The van der Waals surface area contributed by atoms with Gasteiger partial charge in [-0.25, -0.2) is 0 Å². The van der Waals surface area contributed by atoms with Crippen molar-refractivity contribution in [3.63, 3.8) is 0 Å². The van der Waals surface area contributed by atoms with Gasteiger partial charge in [0.05, 0.1) is 29.9 Å². The molecule has 0 aromatic heterocycles. The van der Waals surface area contributed by atoms with Crippen molar-refractivity contribution in [2.24, 2.45) is 0 Å². The molecule has 0 amide bonds. The van der Waals surface area contributed by atoms with Crippen LogP contribution in [0.2, 0.25) is 0 Å². The molecule has 0 atom stereocenters. The monoisotopic (exact) mass is 209 g/mol. The van der Waals surface area contributed by atoms with E-state index in [0.717, 1.165) is 0 Å². The Bertz CT molecular complexity index is 376. The Morgan fingerprint density at radius 3 is 2.87 bits per heavy atom. The van der Waals surface area contributed by atoms with Crippen molar-refractivity contribution < 1.29 is 14.4 Å². The molecule has 0 radical (unpaired) electrons. The molecule has 0 aliphatic carbocycles. The van der Waals surface area contributed by atoms with Gasteiger partial charge >= 0.3 is 0 Å². The summed E-state index contributed by atoms with van der Waals surface area (Å²) in [6, 6.07) is 4.61. The molecule has 0 fully saturated rings. The third kappa shape index (κ3) is 2.70. The van der Waals surface area contributed by atoms with E-state index in [9.17, 15) is 10.1 Å². The van der Waals surface area contributed by atoms with Gasteiger partial charge in [-0.05, 0) is 12.1 Å². The SMILES string of the molecule is C=COCc1ccc(OC)cc1[N+](=O)[O-]. The maximum Gasteiger partial charge on any atom is 0.279 e. The first-order valence-corrected chi connectivity index (χ1v) is 4.23. The normalized spacial score (nSPS) is 9.40. The molecule has 15 heavy (non-hydrogen) atoms. The van der Waals surface area contributed by atoms with E-state index < -0.39 is 4.92 Å². The van der Waals surface area contributed by atoms with Crippen LogP contribution in [0.3, 0.4) is 0 Å². The van der Waals surface area contributed by atoms with Gasteiger partial charge in [0.25, 0.3) is 5.69 Å². The predicted octanol–water partition coefficient (Wildman–Crippen LogP) is 2.26. The number of hydrogen-bond donors (Lipinski definition) is 0. The molecule has 0 N–H and O–H groups in total. The summed E-state index contributed by atoms with van der Waals surface area (Å²) in [5, 5.41) is 10.7. The minimum atomic E-state index is -0.468. The zero-order chi connectivity index (χ0) is 11.3. The summed E-state index contributed by atoms with van der Waals surface area (Å²) in [4.78, 5) is 10.3. The molecular formula is C10H11NO4. The highest BCUT2D eigenvalue weighted by Gasteiger charge is 2.14. The molecule has 0 aliphatic rings. The Balaban J connectivity index is 3.03. The maximum absolute atomic E-state index is 10.7. The van der Waals surface area contributed by atoms with Crippen molar-refractivity contribution in [1.82, 2.24) is 0 Å². The third-order valence-electron chi connectivity index (χ3n) is 1.85. The lowest BCUT2D eigenvalue weighted by Gasteiger charge is -2.04. The second-order valence-corrected chi connectivity index (χ2v) is 2.73. The lowest BCUT2D eigenvalue weighted by atomic mass is 10.2. The van der Waals surface area contributed by atoms with Crippen LogP contribution < -0.4 is 4.74 Å². The van der Waals surface area contributed by atoms with Gasteiger partial charge in [-0.15, -0.1) is 0 Å². The van der Waals surface area contributed by atoms with E-state index in [0.29, 0.717) is 11.3 Å². The van der Waals surface area contributed by atoms with Crippen LogP contribution in [0.15, 0.2) is 31.0 Å². The van der Waals surface area contributed by atoms with Crippen LogP contribution in [0.25, 0.3) is 0 Å². The van der Waals surface area contributed by atoms with Crippen LogP contribution in [0.1, 0.15) is 5.56 Å². The molecule has 0 saturated heterocycles. The second-order valence-electron chi connectivity index (χ2n) is 2.73. The van der Waals surface area contributed by atoms with Crippen LogP contribution in [0.5, 0.6) is 5.75 Å². The number of rotatable bonds is 5. The first kappa shape index (κ1) is 11.0. The Hall–Kier alpha value is -2.04. The fourth-order valence-corrected chi connectivity index (χ4v) is 1.11. The van der Waals surface area contributed by atoms with Crippen LogP contribution in [-0.4, -0.2) is 12.0 Å². The summed E-state index contributed by atoms with van der Waals surface area (Å²) >= 11 is 0. The molecular weight excluding hydrogens is 198 g/mol. The lowest BCUT2D eigenvalue weighted by molar-refractivity contribution is -0.385. The van der Waals surface area contributed by atoms with E-state index >= 15 is 0 Å². The Morgan fingerprint density at radius 1 is 1.60 bits per heavy atom. The third-order valence-corrected chi connectivity index (χ3v) is 1.85. The van der Waals surface area contributed by atoms with Gasteiger partial charge in [0.2, 0.25) is 0 Å². The molecule has 1 aromatic rings. The van der Waals surface area contributed by atoms with Crippen LogP contribution in [0.4, 0.5) is 5.69 Å². The zero-order valence-electron chi connectivity index (χ0n) is 8.30. The van der Waals surface area contributed by atoms with Crippen LogP contribution in [0, 0.1) is 10.1 Å². The molecule has 0 spiro atoms. The van der Waals surface area contributed by atoms with Gasteiger partial charge in [-0.1, -0.05) is 6.58 Å². The molecule has 0 saturated carbocycles. The number of nitro groups is 1. The standard InChI is InChI=1S/C10H11NO4/c1-3-15-7-8-4-5-9(14-2)6-10(8)11(12)13/h3-6H,1,7H2,2H3. The molecule has 80 valence electrons. The average Bonchev–Trinajstić information content (AvgIpc) is 2.26. The number of nitro benzene ring substituents is 1. The molecule has 1 aromatic carbocycles. The molecule has 5 nitrogen and oxygen atoms in total. The van der Waals surface area contributed by atoms with Gasteiger partial charge < -0.3 is 9.47 Å². The number of methoxy groups -OCH3 is 1. The summed E-state index contributed by atoms with van der Waals surface area (Å²) in [5.41, 5.74) is 0.469. The highest BCUT2D eigenvalue weighted by atomic mass is 16.6. The van der Waals surface area contributed by atoms with Crippen molar-refractivity contribution in [3.05, 3.63) is 46.7 Å². The maximum atomic E-state index is 10.7. The van der Waals surface area contributed by atoms with E-state index in [1.807, 2.05) is 0 Å². The summed E-state index contributed by atoms with van der Waals surface area (Å²) in [6.07, 6.45) is 1.24. The largest absolute Gasteiger partial charge is 0.497 e. The topological polar surface area (TPSA) is 61.6 Å². The van der Waals surface area contributed by atoms with Gasteiger partial charge in [-0.3, -0.25) is 10.1 Å². The van der Waals surface area contributed by atoms with Gasteiger partial charge in [0, 0.05) is 0 Å². The van der Waals surface area contributed by atoms with E-state index in [1.54, 1.807) is 12.1 Å². The number of nitrogens with zero attached hydrogens (tertiary/aromatic N) is 1. The second kappa shape index (κ2) is 4.99. The average molecular weight is 209 g/mol. The first-order valence-electron chi connectivity index (χ1n) is 4.23. The number of benzene rings is 1. The van der Waals surface area contributed by atoms with Crippen LogP contribution >= 0.6 is 0 Å². The van der Waals surface area contributed by atoms with Gasteiger partial charge in [0.1, 0.15) is 12.4 Å². The fourth-order valence-electron chi connectivity index (χ4n) is 1.11. The molecule has 0 bridgehead atoms. The minimum absolute atomic E-state index is 0.0174. The molecule has 0 heterocycles.